The molecular weight excluding hydrogens is 302 g/mol. The zero-order valence-electron chi connectivity index (χ0n) is 13.6. The molecule has 0 bridgehead atoms. The van der Waals surface area contributed by atoms with Crippen molar-refractivity contribution in [2.24, 2.45) is 0 Å². The minimum absolute atomic E-state index is 0.0189. The summed E-state index contributed by atoms with van der Waals surface area (Å²) in [6.45, 7) is 3.95. The average Bonchev–Trinajstić information content (AvgIpc) is 3.26. The van der Waals surface area contributed by atoms with Gasteiger partial charge in [0, 0.05) is 29.7 Å². The normalized spacial score (nSPS) is 18.1. The van der Waals surface area contributed by atoms with Gasteiger partial charge in [-0.05, 0) is 44.7 Å². The first-order valence-corrected chi connectivity index (χ1v) is 7.97. The van der Waals surface area contributed by atoms with Crippen LogP contribution in [0.1, 0.15) is 45.1 Å². The molecule has 0 aromatic heterocycles. The van der Waals surface area contributed by atoms with Gasteiger partial charge in [0.1, 0.15) is 11.6 Å². The van der Waals surface area contributed by atoms with E-state index >= 15 is 0 Å². The van der Waals surface area contributed by atoms with E-state index in [0.29, 0.717) is 25.7 Å². The van der Waals surface area contributed by atoms with Crippen molar-refractivity contribution in [1.82, 2.24) is 10.6 Å². The van der Waals surface area contributed by atoms with Crippen molar-refractivity contribution in [3.05, 3.63) is 35.4 Å². The Labute approximate surface area is 135 Å². The van der Waals surface area contributed by atoms with E-state index in [2.05, 4.69) is 10.6 Å². The summed E-state index contributed by atoms with van der Waals surface area (Å²) in [4.78, 5) is 12.1. The lowest BCUT2D eigenvalue weighted by atomic mass is 9.94. The third kappa shape index (κ3) is 3.99. The molecule has 1 fully saturated rings. The molecule has 3 N–H and O–H groups in total. The van der Waals surface area contributed by atoms with Gasteiger partial charge in [-0.15, -0.1) is 0 Å². The minimum Gasteiger partial charge on any atom is -0.396 e. The number of halogens is 2. The van der Waals surface area contributed by atoms with Gasteiger partial charge in [-0.25, -0.2) is 13.6 Å². The van der Waals surface area contributed by atoms with Crippen LogP contribution in [0.25, 0.3) is 0 Å². The van der Waals surface area contributed by atoms with E-state index in [9.17, 15) is 13.6 Å². The fourth-order valence-corrected chi connectivity index (χ4v) is 2.81. The third-order valence-electron chi connectivity index (χ3n) is 4.79. The number of hydrogen-bond acceptors (Lipinski definition) is 2. The second kappa shape index (κ2) is 6.83. The molecular formula is C17H24F2N2O2. The first kappa shape index (κ1) is 17.7. The molecule has 1 aliphatic carbocycles. The number of benzene rings is 1. The lowest BCUT2D eigenvalue weighted by molar-refractivity contribution is 0.200. The molecule has 0 saturated heterocycles. The number of carbonyl (C=O) groups excluding carboxylic acids is 1. The Bertz CT molecular complexity index is 555. The summed E-state index contributed by atoms with van der Waals surface area (Å²) < 4.78 is 27.9. The molecule has 2 rings (SSSR count). The van der Waals surface area contributed by atoms with Crippen molar-refractivity contribution in [3.63, 3.8) is 0 Å². The van der Waals surface area contributed by atoms with E-state index in [1.165, 1.54) is 18.2 Å². The van der Waals surface area contributed by atoms with E-state index in [-0.39, 0.29) is 24.7 Å². The van der Waals surface area contributed by atoms with Crippen molar-refractivity contribution in [2.75, 3.05) is 13.2 Å². The number of aliphatic hydroxyl groups is 1. The summed E-state index contributed by atoms with van der Waals surface area (Å²) in [7, 11) is 0. The molecule has 0 spiro atoms. The van der Waals surface area contributed by atoms with Crippen molar-refractivity contribution < 1.29 is 18.7 Å². The van der Waals surface area contributed by atoms with Crippen LogP contribution in [0.5, 0.6) is 0 Å². The van der Waals surface area contributed by atoms with E-state index in [1.54, 1.807) is 0 Å². The number of amides is 2. The van der Waals surface area contributed by atoms with Crippen LogP contribution in [-0.4, -0.2) is 29.8 Å². The SMILES string of the molecule is CCC(C)(CCO)NC(=O)NCC1(c2c(F)cccc2F)CC1. The summed E-state index contributed by atoms with van der Waals surface area (Å²) in [5.41, 5.74) is -1.08. The number of rotatable bonds is 7. The first-order chi connectivity index (χ1) is 10.9. The van der Waals surface area contributed by atoms with E-state index in [1.807, 2.05) is 13.8 Å². The van der Waals surface area contributed by atoms with Gasteiger partial charge in [-0.1, -0.05) is 13.0 Å². The van der Waals surface area contributed by atoms with Gasteiger partial charge in [0.2, 0.25) is 0 Å². The fraction of sp³-hybridized carbons (Fsp3) is 0.588. The second-order valence-corrected chi connectivity index (χ2v) is 6.57. The van der Waals surface area contributed by atoms with Gasteiger partial charge in [0.25, 0.3) is 0 Å². The summed E-state index contributed by atoms with van der Waals surface area (Å²) in [6.07, 6.45) is 2.41. The van der Waals surface area contributed by atoms with E-state index < -0.39 is 22.6 Å². The molecule has 2 amide bonds. The Morgan fingerprint density at radius 2 is 1.96 bits per heavy atom. The summed E-state index contributed by atoms with van der Waals surface area (Å²) in [5, 5.41) is 14.6. The van der Waals surface area contributed by atoms with Crippen LogP contribution in [-0.2, 0) is 5.41 Å². The number of nitrogens with one attached hydrogen (secondary N) is 2. The number of carbonyl (C=O) groups is 1. The monoisotopic (exact) mass is 326 g/mol. The van der Waals surface area contributed by atoms with E-state index in [0.717, 1.165) is 0 Å². The molecule has 23 heavy (non-hydrogen) atoms. The molecule has 4 nitrogen and oxygen atoms in total. The Balaban J connectivity index is 1.99. The minimum atomic E-state index is -0.646. The molecule has 1 aliphatic rings. The predicted molar refractivity (Wildman–Crippen MR) is 84.2 cm³/mol. The van der Waals surface area contributed by atoms with Gasteiger partial charge in [0.15, 0.2) is 0 Å². The van der Waals surface area contributed by atoms with Crippen LogP contribution >= 0.6 is 0 Å². The lowest BCUT2D eigenvalue weighted by Gasteiger charge is -2.29. The Morgan fingerprint density at radius 3 is 2.43 bits per heavy atom. The third-order valence-corrected chi connectivity index (χ3v) is 4.79. The molecule has 0 aliphatic heterocycles. The highest BCUT2D eigenvalue weighted by molar-refractivity contribution is 5.75. The maximum absolute atomic E-state index is 13.9. The van der Waals surface area contributed by atoms with Gasteiger partial charge in [-0.2, -0.15) is 0 Å². The highest BCUT2D eigenvalue weighted by atomic mass is 19.1. The van der Waals surface area contributed by atoms with Crippen LogP contribution in [0.15, 0.2) is 18.2 Å². The smallest absolute Gasteiger partial charge is 0.315 e. The van der Waals surface area contributed by atoms with Crippen molar-refractivity contribution in [2.45, 2.75) is 50.5 Å². The highest BCUT2D eigenvalue weighted by Crippen LogP contribution is 2.49. The summed E-state index contributed by atoms with van der Waals surface area (Å²) in [6, 6.07) is 3.44. The van der Waals surface area contributed by atoms with Crippen LogP contribution in [0.3, 0.4) is 0 Å². The fourth-order valence-electron chi connectivity index (χ4n) is 2.81. The Morgan fingerprint density at radius 1 is 1.35 bits per heavy atom. The quantitative estimate of drug-likeness (QED) is 0.721. The van der Waals surface area contributed by atoms with Crippen LogP contribution in [0, 0.1) is 11.6 Å². The highest BCUT2D eigenvalue weighted by Gasteiger charge is 2.48. The standard InChI is InChI=1S/C17H24F2N2O2/c1-3-16(2,9-10-22)21-15(23)20-11-17(7-8-17)14-12(18)5-4-6-13(14)19/h4-6,22H,3,7-11H2,1-2H3,(H2,20,21,23). The number of aliphatic hydroxyl groups excluding tert-OH is 1. The number of hydrogen-bond donors (Lipinski definition) is 3. The van der Waals surface area contributed by atoms with Gasteiger partial charge in [0.05, 0.1) is 0 Å². The van der Waals surface area contributed by atoms with Gasteiger partial charge >= 0.3 is 6.03 Å². The molecule has 0 radical (unpaired) electrons. The molecule has 1 aromatic carbocycles. The molecule has 128 valence electrons. The zero-order chi connectivity index (χ0) is 17.1. The molecule has 1 aromatic rings. The van der Waals surface area contributed by atoms with Gasteiger partial charge in [-0.3, -0.25) is 0 Å². The van der Waals surface area contributed by atoms with Crippen molar-refractivity contribution >= 4 is 6.03 Å². The maximum Gasteiger partial charge on any atom is 0.315 e. The lowest BCUT2D eigenvalue weighted by Crippen LogP contribution is -2.51. The van der Waals surface area contributed by atoms with Crippen LogP contribution in [0.4, 0.5) is 13.6 Å². The Hall–Kier alpha value is -1.69. The molecule has 6 heteroatoms. The predicted octanol–water partition coefficient (Wildman–Crippen LogP) is 2.85. The Kier molecular flexibility index (Phi) is 5.24. The number of urea groups is 1. The van der Waals surface area contributed by atoms with Crippen molar-refractivity contribution in [1.29, 1.82) is 0 Å². The maximum atomic E-state index is 13.9. The van der Waals surface area contributed by atoms with Crippen molar-refractivity contribution in [3.8, 4) is 0 Å². The largest absolute Gasteiger partial charge is 0.396 e. The van der Waals surface area contributed by atoms with Gasteiger partial charge < -0.3 is 15.7 Å². The molecule has 1 atom stereocenters. The van der Waals surface area contributed by atoms with Crippen LogP contribution < -0.4 is 10.6 Å². The van der Waals surface area contributed by atoms with E-state index in [4.69, 9.17) is 5.11 Å². The zero-order valence-corrected chi connectivity index (χ0v) is 13.6. The van der Waals surface area contributed by atoms with Crippen LogP contribution in [0.2, 0.25) is 0 Å². The summed E-state index contributed by atoms with van der Waals surface area (Å²) >= 11 is 0. The summed E-state index contributed by atoms with van der Waals surface area (Å²) in [5.74, 6) is -1.13. The second-order valence-electron chi connectivity index (χ2n) is 6.57. The molecule has 0 heterocycles. The molecule has 1 saturated carbocycles. The topological polar surface area (TPSA) is 61.4 Å². The average molecular weight is 326 g/mol. The molecule has 1 unspecified atom stereocenters. The first-order valence-electron chi connectivity index (χ1n) is 7.97.